The summed E-state index contributed by atoms with van der Waals surface area (Å²) in [5, 5.41) is 12.1. The van der Waals surface area contributed by atoms with Crippen LogP contribution in [-0.4, -0.2) is 62.1 Å². The van der Waals surface area contributed by atoms with E-state index in [1.54, 1.807) is 4.68 Å². The Labute approximate surface area is 141 Å². The lowest BCUT2D eigenvalue weighted by molar-refractivity contribution is -0.134. The lowest BCUT2D eigenvalue weighted by Gasteiger charge is -2.34. The molecule has 1 aromatic heterocycles. The van der Waals surface area contributed by atoms with Crippen molar-refractivity contribution < 1.29 is 4.79 Å². The molecule has 0 bridgehead atoms. The van der Waals surface area contributed by atoms with Crippen LogP contribution in [0.2, 0.25) is 0 Å². The van der Waals surface area contributed by atoms with Crippen LogP contribution in [0.1, 0.15) is 19.2 Å². The normalized spacial score (nSPS) is 24.1. The van der Waals surface area contributed by atoms with E-state index < -0.39 is 0 Å². The highest BCUT2D eigenvalue weighted by Crippen LogP contribution is 2.39. The van der Waals surface area contributed by atoms with Gasteiger partial charge in [-0.1, -0.05) is 25.1 Å². The summed E-state index contributed by atoms with van der Waals surface area (Å²) >= 11 is 0. The Morgan fingerprint density at radius 2 is 1.88 bits per heavy atom. The Morgan fingerprint density at radius 1 is 1.17 bits per heavy atom. The average molecular weight is 326 g/mol. The molecule has 7 nitrogen and oxygen atoms in total. The number of carbonyl (C=O) groups excluding carboxylic acids is 1. The summed E-state index contributed by atoms with van der Waals surface area (Å²) in [6.45, 7) is 6.19. The van der Waals surface area contributed by atoms with Crippen molar-refractivity contribution >= 4 is 5.91 Å². The van der Waals surface area contributed by atoms with Crippen molar-refractivity contribution in [3.8, 4) is 5.69 Å². The predicted molar refractivity (Wildman–Crippen MR) is 88.3 cm³/mol. The molecule has 1 aliphatic heterocycles. The highest BCUT2D eigenvalue weighted by atomic mass is 16.2. The molecule has 126 valence electrons. The third-order valence-electron chi connectivity index (χ3n) is 5.01. The lowest BCUT2D eigenvalue weighted by Crippen LogP contribution is -2.49. The SMILES string of the molecule is C[C@H]1C[C@@H]1C(=O)N1CCN(Cc2nnnn2-c2ccccc2)CC1. The van der Waals surface area contributed by atoms with Crippen molar-refractivity contribution in [3.05, 3.63) is 36.2 Å². The van der Waals surface area contributed by atoms with Crippen molar-refractivity contribution in [1.29, 1.82) is 0 Å². The highest BCUT2D eigenvalue weighted by Gasteiger charge is 2.41. The molecule has 4 rings (SSSR count). The molecule has 1 saturated heterocycles. The predicted octanol–water partition coefficient (Wildman–Crippen LogP) is 0.962. The van der Waals surface area contributed by atoms with Crippen LogP contribution in [0.3, 0.4) is 0 Å². The van der Waals surface area contributed by atoms with Crippen LogP contribution in [0.15, 0.2) is 30.3 Å². The standard InChI is InChI=1S/C17H22N6O/c1-13-11-15(13)17(24)22-9-7-21(8-10-22)12-16-18-19-20-23(16)14-5-3-2-4-6-14/h2-6,13,15H,7-12H2,1H3/t13-,15-/m0/s1. The van der Waals surface area contributed by atoms with E-state index in [1.165, 1.54) is 0 Å². The molecule has 2 aromatic rings. The van der Waals surface area contributed by atoms with E-state index in [-0.39, 0.29) is 5.92 Å². The number of benzene rings is 1. The molecule has 1 aromatic carbocycles. The van der Waals surface area contributed by atoms with Crippen molar-refractivity contribution in [2.45, 2.75) is 19.9 Å². The second kappa shape index (κ2) is 6.32. The molecule has 2 atom stereocenters. The summed E-state index contributed by atoms with van der Waals surface area (Å²) in [6, 6.07) is 9.92. The van der Waals surface area contributed by atoms with Crippen molar-refractivity contribution in [1.82, 2.24) is 30.0 Å². The highest BCUT2D eigenvalue weighted by molar-refractivity contribution is 5.81. The summed E-state index contributed by atoms with van der Waals surface area (Å²) in [5.41, 5.74) is 0.967. The van der Waals surface area contributed by atoms with Gasteiger partial charge in [0.05, 0.1) is 12.2 Å². The average Bonchev–Trinajstić information content (AvgIpc) is 3.17. The number of tetrazole rings is 1. The Kier molecular flexibility index (Phi) is 4.02. The van der Waals surface area contributed by atoms with Crippen LogP contribution in [0.4, 0.5) is 0 Å². The Morgan fingerprint density at radius 3 is 2.54 bits per heavy atom. The molecule has 2 aliphatic rings. The van der Waals surface area contributed by atoms with Crippen LogP contribution in [-0.2, 0) is 11.3 Å². The minimum atomic E-state index is 0.280. The lowest BCUT2D eigenvalue weighted by atomic mass is 10.2. The molecular weight excluding hydrogens is 304 g/mol. The van der Waals surface area contributed by atoms with Gasteiger partial charge in [0.1, 0.15) is 0 Å². The maximum Gasteiger partial charge on any atom is 0.226 e. The van der Waals surface area contributed by atoms with Crippen LogP contribution < -0.4 is 0 Å². The first-order valence-electron chi connectivity index (χ1n) is 8.56. The minimum absolute atomic E-state index is 0.280. The second-order valence-electron chi connectivity index (χ2n) is 6.76. The first-order valence-corrected chi connectivity index (χ1v) is 8.56. The zero-order valence-electron chi connectivity index (χ0n) is 13.9. The molecule has 1 amide bonds. The van der Waals surface area contributed by atoms with E-state index in [9.17, 15) is 4.79 Å². The van der Waals surface area contributed by atoms with Gasteiger partial charge in [-0.3, -0.25) is 9.69 Å². The summed E-state index contributed by atoms with van der Waals surface area (Å²) in [5.74, 6) is 2.03. The maximum atomic E-state index is 12.3. The van der Waals surface area contributed by atoms with E-state index in [1.807, 2.05) is 35.2 Å². The van der Waals surface area contributed by atoms with Crippen molar-refractivity contribution in [3.63, 3.8) is 0 Å². The van der Waals surface area contributed by atoms with E-state index >= 15 is 0 Å². The third kappa shape index (κ3) is 3.03. The molecule has 1 aliphatic carbocycles. The number of aromatic nitrogens is 4. The number of carbonyl (C=O) groups is 1. The number of piperazine rings is 1. The fraction of sp³-hybridized carbons (Fsp3) is 0.529. The molecule has 2 heterocycles. The fourth-order valence-corrected chi connectivity index (χ4v) is 3.30. The number of nitrogens with zero attached hydrogens (tertiary/aromatic N) is 6. The Hall–Kier alpha value is -2.28. The summed E-state index contributed by atoms with van der Waals surface area (Å²) in [4.78, 5) is 16.6. The van der Waals surface area contributed by atoms with Gasteiger partial charge in [-0.2, -0.15) is 4.68 Å². The summed E-state index contributed by atoms with van der Waals surface area (Å²) < 4.78 is 1.78. The molecule has 24 heavy (non-hydrogen) atoms. The number of amides is 1. The van der Waals surface area contributed by atoms with Crippen LogP contribution >= 0.6 is 0 Å². The molecule has 2 fully saturated rings. The summed E-state index contributed by atoms with van der Waals surface area (Å²) in [6.07, 6.45) is 1.06. The number of para-hydroxylation sites is 1. The Bertz CT molecular complexity index is 707. The van der Waals surface area contributed by atoms with Gasteiger partial charge in [0.2, 0.25) is 5.91 Å². The van der Waals surface area contributed by atoms with Gasteiger partial charge >= 0.3 is 0 Å². The summed E-state index contributed by atoms with van der Waals surface area (Å²) in [7, 11) is 0. The molecule has 7 heteroatoms. The maximum absolute atomic E-state index is 12.3. The van der Waals surface area contributed by atoms with Gasteiger partial charge in [0.15, 0.2) is 5.82 Å². The minimum Gasteiger partial charge on any atom is -0.340 e. The second-order valence-corrected chi connectivity index (χ2v) is 6.76. The zero-order valence-corrected chi connectivity index (χ0v) is 13.9. The monoisotopic (exact) mass is 326 g/mol. The van der Waals surface area contributed by atoms with Gasteiger partial charge < -0.3 is 4.90 Å². The van der Waals surface area contributed by atoms with Gasteiger partial charge in [-0.25, -0.2) is 0 Å². The van der Waals surface area contributed by atoms with Gasteiger partial charge in [0.25, 0.3) is 0 Å². The van der Waals surface area contributed by atoms with Gasteiger partial charge in [-0.15, -0.1) is 5.10 Å². The van der Waals surface area contributed by atoms with Crippen molar-refractivity contribution in [2.24, 2.45) is 11.8 Å². The third-order valence-corrected chi connectivity index (χ3v) is 5.01. The quantitative estimate of drug-likeness (QED) is 0.837. The molecule has 0 N–H and O–H groups in total. The van der Waals surface area contributed by atoms with Crippen LogP contribution in [0.25, 0.3) is 5.69 Å². The van der Waals surface area contributed by atoms with Crippen molar-refractivity contribution in [2.75, 3.05) is 26.2 Å². The number of hydrogen-bond acceptors (Lipinski definition) is 5. The number of hydrogen-bond donors (Lipinski definition) is 0. The molecule has 0 radical (unpaired) electrons. The molecule has 1 saturated carbocycles. The van der Waals surface area contributed by atoms with E-state index in [0.717, 1.165) is 44.1 Å². The number of rotatable bonds is 4. The molecule has 0 unspecified atom stereocenters. The van der Waals surface area contributed by atoms with E-state index in [0.29, 0.717) is 18.4 Å². The van der Waals surface area contributed by atoms with E-state index in [2.05, 4.69) is 27.3 Å². The Balaban J connectivity index is 1.36. The smallest absolute Gasteiger partial charge is 0.226 e. The van der Waals surface area contributed by atoms with Gasteiger partial charge in [0, 0.05) is 32.1 Å². The molecule has 0 spiro atoms. The van der Waals surface area contributed by atoms with Crippen LogP contribution in [0, 0.1) is 11.8 Å². The van der Waals surface area contributed by atoms with Crippen LogP contribution in [0.5, 0.6) is 0 Å². The first kappa shape index (κ1) is 15.3. The van der Waals surface area contributed by atoms with Gasteiger partial charge in [-0.05, 0) is 34.9 Å². The molecular formula is C17H22N6O. The van der Waals surface area contributed by atoms with E-state index in [4.69, 9.17) is 0 Å². The zero-order chi connectivity index (χ0) is 16.5. The largest absolute Gasteiger partial charge is 0.340 e. The topological polar surface area (TPSA) is 67.2 Å². The first-order chi connectivity index (χ1) is 11.7. The fourth-order valence-electron chi connectivity index (χ4n) is 3.30.